The van der Waals surface area contributed by atoms with E-state index in [1.165, 1.54) is 20.3 Å². The zero-order chi connectivity index (χ0) is 31.2. The van der Waals surface area contributed by atoms with E-state index >= 15 is 0 Å². The number of benzene rings is 4. The van der Waals surface area contributed by atoms with Gasteiger partial charge in [0.1, 0.15) is 34.0 Å². The van der Waals surface area contributed by atoms with Gasteiger partial charge in [-0.2, -0.15) is 0 Å². The van der Waals surface area contributed by atoms with Crippen LogP contribution in [0.15, 0.2) is 94.1 Å². The summed E-state index contributed by atoms with van der Waals surface area (Å²) in [6.07, 6.45) is 0.444. The molecule has 9 nitrogen and oxygen atoms in total. The van der Waals surface area contributed by atoms with Crippen molar-refractivity contribution in [2.75, 3.05) is 27.9 Å². The van der Waals surface area contributed by atoms with Crippen LogP contribution in [0.25, 0.3) is 22.3 Å². The van der Waals surface area contributed by atoms with Gasteiger partial charge in [-0.15, -0.1) is 0 Å². The summed E-state index contributed by atoms with van der Waals surface area (Å²) >= 11 is 0. The van der Waals surface area contributed by atoms with Gasteiger partial charge in [0.2, 0.25) is 0 Å². The molecule has 2 N–H and O–H groups in total. The predicted molar refractivity (Wildman–Crippen MR) is 165 cm³/mol. The number of methoxy groups -OCH3 is 3. The second-order valence-corrected chi connectivity index (χ2v) is 10.1. The van der Waals surface area contributed by atoms with E-state index in [0.29, 0.717) is 35.7 Å². The van der Waals surface area contributed by atoms with Gasteiger partial charge in [-0.1, -0.05) is 48.5 Å². The third kappa shape index (κ3) is 6.32. The fraction of sp³-hybridized carbons (Fsp3) is 0.200. The lowest BCUT2D eigenvalue weighted by molar-refractivity contribution is -0.140. The number of carbonyl (C=O) groups excluding carboxylic acids is 1. The summed E-state index contributed by atoms with van der Waals surface area (Å²) < 4.78 is 28.0. The van der Waals surface area contributed by atoms with Crippen molar-refractivity contribution in [3.05, 3.63) is 112 Å². The standard InChI is InChI=1S/C35H32O9/c1-40-24-12-9-21(10-13-24)15-16-43-29-14-11-23(17-31(29)41-2)25(18-32(39)42-3)33-26(36)19-27(37)34-28(38)20-30(44-35(33)34)22-7-5-4-6-8-22/h4-14,17,19-20,25,36-37H,15-16,18H2,1-3H3/t25-/m0/s1. The van der Waals surface area contributed by atoms with Crippen molar-refractivity contribution in [3.63, 3.8) is 0 Å². The van der Waals surface area contributed by atoms with E-state index < -0.39 is 23.1 Å². The quantitative estimate of drug-likeness (QED) is 0.171. The Kier molecular flexibility index (Phi) is 9.04. The molecule has 4 aromatic carbocycles. The van der Waals surface area contributed by atoms with Crippen LogP contribution in [0.2, 0.25) is 0 Å². The first-order valence-electron chi connectivity index (χ1n) is 13.9. The Hall–Kier alpha value is -5.44. The second kappa shape index (κ2) is 13.2. The number of ether oxygens (including phenoxy) is 4. The molecule has 44 heavy (non-hydrogen) atoms. The van der Waals surface area contributed by atoms with Gasteiger partial charge in [0.15, 0.2) is 16.9 Å². The molecule has 0 saturated carbocycles. The lowest BCUT2D eigenvalue weighted by atomic mass is 9.86. The fourth-order valence-electron chi connectivity index (χ4n) is 5.13. The third-order valence-electron chi connectivity index (χ3n) is 7.40. The summed E-state index contributed by atoms with van der Waals surface area (Å²) in [5.41, 5.74) is 1.87. The molecule has 0 radical (unpaired) electrons. The molecule has 1 heterocycles. The van der Waals surface area contributed by atoms with E-state index in [4.69, 9.17) is 23.4 Å². The molecule has 1 atom stereocenters. The van der Waals surface area contributed by atoms with Gasteiger partial charge < -0.3 is 33.6 Å². The van der Waals surface area contributed by atoms with E-state index in [1.54, 1.807) is 49.6 Å². The van der Waals surface area contributed by atoms with Gasteiger partial charge >= 0.3 is 5.97 Å². The van der Waals surface area contributed by atoms with Crippen LogP contribution in [-0.4, -0.2) is 44.1 Å². The van der Waals surface area contributed by atoms with Crippen LogP contribution in [0.4, 0.5) is 0 Å². The molecule has 0 bridgehead atoms. The van der Waals surface area contributed by atoms with Crippen molar-refractivity contribution in [2.45, 2.75) is 18.8 Å². The highest BCUT2D eigenvalue weighted by atomic mass is 16.5. The minimum Gasteiger partial charge on any atom is -0.507 e. The Balaban J connectivity index is 1.56. The van der Waals surface area contributed by atoms with Crippen LogP contribution in [0.1, 0.15) is 29.0 Å². The molecule has 1 aromatic heterocycles. The van der Waals surface area contributed by atoms with E-state index in [-0.39, 0.29) is 34.5 Å². The maximum atomic E-state index is 13.2. The fourth-order valence-corrected chi connectivity index (χ4v) is 5.13. The van der Waals surface area contributed by atoms with Crippen LogP contribution in [-0.2, 0) is 16.0 Å². The van der Waals surface area contributed by atoms with Crippen LogP contribution < -0.4 is 19.6 Å². The summed E-state index contributed by atoms with van der Waals surface area (Å²) in [6.45, 7) is 0.379. The summed E-state index contributed by atoms with van der Waals surface area (Å²) in [5.74, 6) is -0.292. The molecule has 0 aliphatic rings. The molecule has 226 valence electrons. The normalized spacial score (nSPS) is 11.6. The zero-order valence-corrected chi connectivity index (χ0v) is 24.5. The number of phenolic OH excluding ortho intramolecular Hbond substituents is 2. The number of phenols is 2. The number of carbonyl (C=O) groups is 1. The van der Waals surface area contributed by atoms with Gasteiger partial charge in [0, 0.05) is 35.6 Å². The summed E-state index contributed by atoms with van der Waals surface area (Å²) in [6, 6.07) is 24.2. The van der Waals surface area contributed by atoms with Crippen molar-refractivity contribution in [1.29, 1.82) is 0 Å². The molecule has 0 spiro atoms. The number of fused-ring (bicyclic) bond motifs is 1. The average molecular weight is 597 g/mol. The van der Waals surface area contributed by atoms with Gasteiger partial charge in [0.05, 0.1) is 34.4 Å². The zero-order valence-electron chi connectivity index (χ0n) is 24.5. The molecule has 0 aliphatic carbocycles. The van der Waals surface area contributed by atoms with E-state index in [0.717, 1.165) is 17.4 Å². The highest BCUT2D eigenvalue weighted by Crippen LogP contribution is 2.44. The van der Waals surface area contributed by atoms with Crippen LogP contribution in [0.3, 0.4) is 0 Å². The lowest BCUT2D eigenvalue weighted by Crippen LogP contribution is -2.13. The van der Waals surface area contributed by atoms with Crippen molar-refractivity contribution in [1.82, 2.24) is 0 Å². The van der Waals surface area contributed by atoms with Crippen molar-refractivity contribution < 1.29 is 38.4 Å². The average Bonchev–Trinajstić information content (AvgIpc) is 3.04. The Morgan fingerprint density at radius 3 is 2.27 bits per heavy atom. The van der Waals surface area contributed by atoms with Crippen molar-refractivity contribution in [2.24, 2.45) is 0 Å². The van der Waals surface area contributed by atoms with Gasteiger partial charge in [-0.05, 0) is 35.4 Å². The first-order valence-corrected chi connectivity index (χ1v) is 13.9. The van der Waals surface area contributed by atoms with E-state index in [2.05, 4.69) is 0 Å². The number of hydrogen-bond acceptors (Lipinski definition) is 9. The Morgan fingerprint density at radius 1 is 0.841 bits per heavy atom. The molecule has 0 saturated heterocycles. The SMILES string of the molecule is COC(=O)C[C@@H](c1ccc(OCCc2ccc(OC)cc2)c(OC)c1)c1c(O)cc(O)c2c(=O)cc(-c3ccccc3)oc12. The van der Waals surface area contributed by atoms with Gasteiger partial charge in [-0.25, -0.2) is 0 Å². The number of rotatable bonds is 11. The molecular weight excluding hydrogens is 564 g/mol. The van der Waals surface area contributed by atoms with Gasteiger partial charge in [0.25, 0.3) is 0 Å². The predicted octanol–water partition coefficient (Wildman–Crippen LogP) is 6.20. The van der Waals surface area contributed by atoms with Gasteiger partial charge in [-0.3, -0.25) is 9.59 Å². The van der Waals surface area contributed by atoms with Crippen molar-refractivity contribution in [3.8, 4) is 40.1 Å². The maximum Gasteiger partial charge on any atom is 0.306 e. The molecule has 5 aromatic rings. The van der Waals surface area contributed by atoms with Crippen LogP contribution >= 0.6 is 0 Å². The van der Waals surface area contributed by atoms with Crippen LogP contribution in [0, 0.1) is 0 Å². The molecule has 0 unspecified atom stereocenters. The highest BCUT2D eigenvalue weighted by Gasteiger charge is 2.29. The smallest absolute Gasteiger partial charge is 0.306 e. The monoisotopic (exact) mass is 596 g/mol. The topological polar surface area (TPSA) is 125 Å². The molecule has 0 amide bonds. The maximum absolute atomic E-state index is 13.2. The molecule has 0 aliphatic heterocycles. The number of esters is 1. The first-order chi connectivity index (χ1) is 21.3. The Bertz CT molecular complexity index is 1830. The Morgan fingerprint density at radius 2 is 1.59 bits per heavy atom. The largest absolute Gasteiger partial charge is 0.507 e. The lowest BCUT2D eigenvalue weighted by Gasteiger charge is -2.21. The van der Waals surface area contributed by atoms with E-state index in [9.17, 15) is 19.8 Å². The second-order valence-electron chi connectivity index (χ2n) is 10.1. The summed E-state index contributed by atoms with van der Waals surface area (Å²) in [4.78, 5) is 25.9. The molecule has 0 fully saturated rings. The van der Waals surface area contributed by atoms with E-state index in [1.807, 2.05) is 30.3 Å². The first kappa shape index (κ1) is 30.0. The van der Waals surface area contributed by atoms with Crippen LogP contribution in [0.5, 0.6) is 28.7 Å². The minimum atomic E-state index is -0.845. The summed E-state index contributed by atoms with van der Waals surface area (Å²) in [7, 11) is 4.39. The minimum absolute atomic E-state index is 0.0402. The highest BCUT2D eigenvalue weighted by molar-refractivity contribution is 5.90. The third-order valence-corrected chi connectivity index (χ3v) is 7.40. The molecule has 5 rings (SSSR count). The van der Waals surface area contributed by atoms with Crippen molar-refractivity contribution >= 4 is 16.9 Å². The Labute approximate surface area is 253 Å². The number of hydrogen-bond donors (Lipinski definition) is 2. The molecular formula is C35H32O9. The summed E-state index contributed by atoms with van der Waals surface area (Å²) in [5, 5.41) is 21.7. The number of aromatic hydroxyl groups is 2. The molecule has 9 heteroatoms.